The molecule has 126 valence electrons. The molecule has 0 N–H and O–H groups in total. The van der Waals surface area contributed by atoms with Gasteiger partial charge in [-0.15, -0.1) is 0 Å². The first-order valence-electron chi connectivity index (χ1n) is 8.38. The molecule has 2 aliphatic rings. The number of rotatable bonds is 5. The summed E-state index contributed by atoms with van der Waals surface area (Å²) in [4.78, 5) is 17.2. The van der Waals surface area contributed by atoms with E-state index < -0.39 is 0 Å². The van der Waals surface area contributed by atoms with Gasteiger partial charge >= 0.3 is 0 Å². The van der Waals surface area contributed by atoms with Gasteiger partial charge in [-0.05, 0) is 30.5 Å². The molecule has 1 saturated heterocycles. The first-order valence-corrected chi connectivity index (χ1v) is 8.76. The van der Waals surface area contributed by atoms with Crippen LogP contribution in [0.1, 0.15) is 24.8 Å². The van der Waals surface area contributed by atoms with Crippen molar-refractivity contribution in [2.75, 3.05) is 39.9 Å². The number of methoxy groups -OCH3 is 1. The molecule has 0 bridgehead atoms. The first-order chi connectivity index (χ1) is 11.1. The number of halogens is 1. The number of amides is 1. The van der Waals surface area contributed by atoms with Crippen molar-refractivity contribution in [2.24, 2.45) is 5.41 Å². The molecule has 1 aliphatic carbocycles. The van der Waals surface area contributed by atoms with E-state index in [0.717, 1.165) is 57.0 Å². The summed E-state index contributed by atoms with van der Waals surface area (Å²) >= 11 is 6.05. The van der Waals surface area contributed by atoms with E-state index in [1.165, 1.54) is 5.56 Å². The maximum Gasteiger partial charge on any atom is 0.231 e. The highest BCUT2D eigenvalue weighted by molar-refractivity contribution is 6.30. The molecule has 0 radical (unpaired) electrons. The predicted molar refractivity (Wildman–Crippen MR) is 91.5 cm³/mol. The summed E-state index contributed by atoms with van der Waals surface area (Å²) in [6.07, 6.45) is 3.09. The summed E-state index contributed by atoms with van der Waals surface area (Å²) in [6.45, 7) is 4.92. The second-order valence-corrected chi connectivity index (χ2v) is 7.20. The summed E-state index contributed by atoms with van der Waals surface area (Å²) in [6, 6.07) is 8.00. The fraction of sp³-hybridized carbons (Fsp3) is 0.611. The lowest BCUT2D eigenvalue weighted by atomic mass is 9.68. The van der Waals surface area contributed by atoms with Crippen LogP contribution in [0.4, 0.5) is 0 Å². The summed E-state index contributed by atoms with van der Waals surface area (Å²) in [5.41, 5.74) is 0.997. The Morgan fingerprint density at radius 2 is 2.00 bits per heavy atom. The fourth-order valence-corrected chi connectivity index (χ4v) is 3.85. The van der Waals surface area contributed by atoms with Crippen molar-refractivity contribution < 1.29 is 9.53 Å². The van der Waals surface area contributed by atoms with Gasteiger partial charge in [0.05, 0.1) is 12.0 Å². The minimum Gasteiger partial charge on any atom is -0.384 e. The maximum absolute atomic E-state index is 12.8. The SMILES string of the molecule is COCC1(C(=O)N2CCN(Cc3cccc(Cl)c3)CC2)CCC1. The Bertz CT molecular complexity index is 552. The summed E-state index contributed by atoms with van der Waals surface area (Å²) in [5, 5.41) is 0.780. The second-order valence-electron chi connectivity index (χ2n) is 6.77. The number of benzene rings is 1. The Balaban J connectivity index is 1.53. The van der Waals surface area contributed by atoms with Crippen molar-refractivity contribution in [1.29, 1.82) is 0 Å². The summed E-state index contributed by atoms with van der Waals surface area (Å²) in [5.74, 6) is 0.299. The molecule has 1 aromatic carbocycles. The zero-order valence-corrected chi connectivity index (χ0v) is 14.5. The van der Waals surface area contributed by atoms with Crippen LogP contribution >= 0.6 is 11.6 Å². The number of piperazine rings is 1. The van der Waals surface area contributed by atoms with Crippen LogP contribution < -0.4 is 0 Å². The van der Waals surface area contributed by atoms with Gasteiger partial charge in [-0.1, -0.05) is 30.2 Å². The average molecular weight is 337 g/mol. The first kappa shape index (κ1) is 16.7. The Kier molecular flexibility index (Phi) is 5.24. The molecule has 23 heavy (non-hydrogen) atoms. The van der Waals surface area contributed by atoms with E-state index in [9.17, 15) is 4.79 Å². The number of nitrogens with zero attached hydrogens (tertiary/aromatic N) is 2. The molecule has 1 saturated carbocycles. The lowest BCUT2D eigenvalue weighted by molar-refractivity contribution is -0.154. The molecule has 0 spiro atoms. The van der Waals surface area contributed by atoms with Gasteiger partial charge in [0, 0.05) is 44.9 Å². The third-order valence-corrected chi connectivity index (χ3v) is 5.37. The Labute approximate surface area is 143 Å². The topological polar surface area (TPSA) is 32.8 Å². The van der Waals surface area contributed by atoms with E-state index in [1.54, 1.807) is 7.11 Å². The Morgan fingerprint density at radius 3 is 2.57 bits per heavy atom. The van der Waals surface area contributed by atoms with Gasteiger partial charge in [0.15, 0.2) is 0 Å². The zero-order valence-electron chi connectivity index (χ0n) is 13.8. The lowest BCUT2D eigenvalue weighted by Crippen LogP contribution is -2.56. The lowest BCUT2D eigenvalue weighted by Gasteiger charge is -2.45. The molecule has 3 rings (SSSR count). The smallest absolute Gasteiger partial charge is 0.231 e. The van der Waals surface area contributed by atoms with Gasteiger partial charge in [0.2, 0.25) is 5.91 Å². The zero-order chi connectivity index (χ0) is 16.3. The highest BCUT2D eigenvalue weighted by Crippen LogP contribution is 2.42. The molecule has 1 amide bonds. The van der Waals surface area contributed by atoms with E-state index >= 15 is 0 Å². The third kappa shape index (κ3) is 3.70. The van der Waals surface area contributed by atoms with Crippen molar-refractivity contribution in [2.45, 2.75) is 25.8 Å². The van der Waals surface area contributed by atoms with Gasteiger partial charge in [-0.2, -0.15) is 0 Å². The van der Waals surface area contributed by atoms with Crippen LogP contribution in [-0.2, 0) is 16.1 Å². The normalized spacial score (nSPS) is 21.0. The quantitative estimate of drug-likeness (QED) is 0.829. The summed E-state index contributed by atoms with van der Waals surface area (Å²) in [7, 11) is 1.69. The van der Waals surface area contributed by atoms with Crippen molar-refractivity contribution in [3.05, 3.63) is 34.9 Å². The molecular weight excluding hydrogens is 312 g/mol. The summed E-state index contributed by atoms with van der Waals surface area (Å²) < 4.78 is 5.30. The van der Waals surface area contributed by atoms with Gasteiger partial charge in [0.25, 0.3) is 0 Å². The number of carbonyl (C=O) groups is 1. The van der Waals surface area contributed by atoms with Gasteiger partial charge in [-0.3, -0.25) is 9.69 Å². The van der Waals surface area contributed by atoms with Crippen LogP contribution in [0.5, 0.6) is 0 Å². The fourth-order valence-electron chi connectivity index (χ4n) is 3.64. The number of hydrogen-bond acceptors (Lipinski definition) is 3. The van der Waals surface area contributed by atoms with E-state index in [1.807, 2.05) is 23.1 Å². The Morgan fingerprint density at radius 1 is 1.26 bits per heavy atom. The minimum absolute atomic E-state index is 0.232. The van der Waals surface area contributed by atoms with Gasteiger partial charge in [0.1, 0.15) is 0 Å². The van der Waals surface area contributed by atoms with E-state index in [0.29, 0.717) is 12.5 Å². The molecule has 4 nitrogen and oxygen atoms in total. The highest BCUT2D eigenvalue weighted by atomic mass is 35.5. The molecule has 1 aromatic rings. The van der Waals surface area contributed by atoms with Crippen LogP contribution in [0.25, 0.3) is 0 Å². The maximum atomic E-state index is 12.8. The van der Waals surface area contributed by atoms with Crippen LogP contribution in [0.2, 0.25) is 5.02 Å². The Hall–Kier alpha value is -1.10. The van der Waals surface area contributed by atoms with Crippen molar-refractivity contribution in [1.82, 2.24) is 9.80 Å². The molecular formula is C18H25ClN2O2. The van der Waals surface area contributed by atoms with Gasteiger partial charge in [-0.25, -0.2) is 0 Å². The highest BCUT2D eigenvalue weighted by Gasteiger charge is 2.46. The molecule has 2 fully saturated rings. The van der Waals surface area contributed by atoms with Crippen molar-refractivity contribution in [3.8, 4) is 0 Å². The van der Waals surface area contributed by atoms with Crippen LogP contribution in [-0.4, -0.2) is 55.6 Å². The van der Waals surface area contributed by atoms with E-state index in [2.05, 4.69) is 11.0 Å². The predicted octanol–water partition coefficient (Wildman–Crippen LogP) is 2.80. The van der Waals surface area contributed by atoms with E-state index in [-0.39, 0.29) is 5.41 Å². The number of carbonyl (C=O) groups excluding carboxylic acids is 1. The largest absolute Gasteiger partial charge is 0.384 e. The van der Waals surface area contributed by atoms with Crippen LogP contribution in [0.15, 0.2) is 24.3 Å². The molecule has 0 atom stereocenters. The monoisotopic (exact) mass is 336 g/mol. The van der Waals surface area contributed by atoms with E-state index in [4.69, 9.17) is 16.3 Å². The van der Waals surface area contributed by atoms with Crippen molar-refractivity contribution in [3.63, 3.8) is 0 Å². The van der Waals surface area contributed by atoms with Crippen LogP contribution in [0, 0.1) is 5.41 Å². The standard InChI is InChI=1S/C18H25ClN2O2/c1-23-14-18(6-3-7-18)17(22)21-10-8-20(9-11-21)13-15-4-2-5-16(19)12-15/h2,4-5,12H,3,6-11,13-14H2,1H3. The minimum atomic E-state index is -0.232. The number of ether oxygens (including phenoxy) is 1. The molecule has 0 unspecified atom stereocenters. The molecule has 5 heteroatoms. The molecule has 1 aliphatic heterocycles. The average Bonchev–Trinajstić information content (AvgIpc) is 2.51. The second kappa shape index (κ2) is 7.20. The van der Waals surface area contributed by atoms with Gasteiger partial charge < -0.3 is 9.64 Å². The van der Waals surface area contributed by atoms with Crippen molar-refractivity contribution >= 4 is 17.5 Å². The third-order valence-electron chi connectivity index (χ3n) is 5.14. The van der Waals surface area contributed by atoms with Crippen LogP contribution in [0.3, 0.4) is 0 Å². The number of hydrogen-bond donors (Lipinski definition) is 0. The molecule has 1 heterocycles. The molecule has 0 aromatic heterocycles.